The summed E-state index contributed by atoms with van der Waals surface area (Å²) in [5.74, 6) is -1.35. The highest BCUT2D eigenvalue weighted by molar-refractivity contribution is 6.33. The van der Waals surface area contributed by atoms with Crippen LogP contribution in [-0.4, -0.2) is 16.1 Å². The van der Waals surface area contributed by atoms with E-state index in [0.29, 0.717) is 6.07 Å². The van der Waals surface area contributed by atoms with E-state index in [2.05, 4.69) is 15.3 Å². The van der Waals surface area contributed by atoms with Gasteiger partial charge in [-0.1, -0.05) is 11.6 Å². The molecule has 21 heavy (non-hydrogen) atoms. The Bertz CT molecular complexity index is 644. The summed E-state index contributed by atoms with van der Waals surface area (Å²) in [7, 11) is 0. The van der Waals surface area contributed by atoms with Gasteiger partial charge < -0.3 is 15.8 Å². The number of nitrogen functional groups attached to an aromatic ring is 1. The first-order valence-electron chi connectivity index (χ1n) is 6.07. The van der Waals surface area contributed by atoms with Gasteiger partial charge in [-0.2, -0.15) is 4.98 Å². The van der Waals surface area contributed by atoms with Gasteiger partial charge in [-0.3, -0.25) is 0 Å². The fourth-order valence-corrected chi connectivity index (χ4v) is 1.82. The fourth-order valence-electron chi connectivity index (χ4n) is 1.58. The lowest BCUT2D eigenvalue weighted by molar-refractivity contribution is 0.234. The summed E-state index contributed by atoms with van der Waals surface area (Å²) in [6, 6.07) is 1.69. The zero-order valence-electron chi connectivity index (χ0n) is 11.3. The van der Waals surface area contributed by atoms with Crippen LogP contribution in [-0.2, 0) is 0 Å². The Balaban J connectivity index is 2.36. The zero-order valence-corrected chi connectivity index (χ0v) is 12.1. The molecule has 3 N–H and O–H groups in total. The van der Waals surface area contributed by atoms with Crippen LogP contribution in [0, 0.1) is 11.6 Å². The van der Waals surface area contributed by atoms with Crippen molar-refractivity contribution in [3.63, 3.8) is 0 Å². The van der Waals surface area contributed by atoms with E-state index >= 15 is 0 Å². The zero-order chi connectivity index (χ0) is 15.6. The molecule has 2 rings (SSSR count). The number of anilines is 3. The highest BCUT2D eigenvalue weighted by Crippen LogP contribution is 2.33. The number of aromatic nitrogens is 2. The Kier molecular flexibility index (Phi) is 4.42. The van der Waals surface area contributed by atoms with Crippen LogP contribution in [0.1, 0.15) is 13.8 Å². The van der Waals surface area contributed by atoms with Gasteiger partial charge in [0, 0.05) is 6.07 Å². The van der Waals surface area contributed by atoms with Crippen molar-refractivity contribution in [2.24, 2.45) is 0 Å². The molecule has 2 aromatic rings. The van der Waals surface area contributed by atoms with Crippen LogP contribution in [0.15, 0.2) is 18.5 Å². The molecule has 0 fully saturated rings. The number of rotatable bonds is 4. The van der Waals surface area contributed by atoms with Crippen LogP contribution in [0.5, 0.6) is 5.88 Å². The summed E-state index contributed by atoms with van der Waals surface area (Å²) in [6.45, 7) is 3.62. The third kappa shape index (κ3) is 3.49. The lowest BCUT2D eigenvalue weighted by atomic mass is 10.3. The molecular weight excluding hydrogens is 302 g/mol. The monoisotopic (exact) mass is 314 g/mol. The van der Waals surface area contributed by atoms with Crippen molar-refractivity contribution in [3.8, 4) is 5.88 Å². The summed E-state index contributed by atoms with van der Waals surface area (Å²) in [5.41, 5.74) is 5.83. The lowest BCUT2D eigenvalue weighted by Crippen LogP contribution is -2.11. The molecule has 8 heteroatoms. The van der Waals surface area contributed by atoms with Crippen molar-refractivity contribution in [3.05, 3.63) is 35.1 Å². The third-order valence-electron chi connectivity index (χ3n) is 2.44. The molecule has 0 aliphatic rings. The average Bonchev–Trinajstić information content (AvgIpc) is 2.37. The molecule has 0 amide bonds. The number of halogens is 3. The minimum atomic E-state index is -0.857. The van der Waals surface area contributed by atoms with Gasteiger partial charge >= 0.3 is 0 Å². The highest BCUT2D eigenvalue weighted by atomic mass is 35.5. The molecule has 0 bridgehead atoms. The number of hydrogen-bond acceptors (Lipinski definition) is 5. The number of ether oxygens (including phenoxy) is 1. The van der Waals surface area contributed by atoms with Crippen LogP contribution in [0.2, 0.25) is 5.02 Å². The van der Waals surface area contributed by atoms with Crippen LogP contribution in [0.4, 0.5) is 26.0 Å². The molecule has 0 saturated carbocycles. The molecule has 5 nitrogen and oxygen atoms in total. The van der Waals surface area contributed by atoms with E-state index < -0.39 is 11.6 Å². The molecule has 1 aromatic heterocycles. The number of benzene rings is 1. The topological polar surface area (TPSA) is 73.1 Å². The minimum absolute atomic E-state index is 0.103. The molecule has 0 radical (unpaired) electrons. The van der Waals surface area contributed by atoms with E-state index in [1.54, 1.807) is 0 Å². The maximum atomic E-state index is 13.7. The summed E-state index contributed by atoms with van der Waals surface area (Å²) in [6.07, 6.45) is 1.08. The van der Waals surface area contributed by atoms with Gasteiger partial charge in [-0.15, -0.1) is 0 Å². The first kappa shape index (κ1) is 15.2. The quantitative estimate of drug-likeness (QED) is 0.903. The SMILES string of the molecule is CC(C)Oc1ncnc(Nc2c(F)cc(F)cc2Cl)c1N. The van der Waals surface area contributed by atoms with Crippen LogP contribution in [0.25, 0.3) is 0 Å². The van der Waals surface area contributed by atoms with Crippen molar-refractivity contribution in [1.29, 1.82) is 0 Å². The maximum Gasteiger partial charge on any atom is 0.242 e. The Morgan fingerprint density at radius 3 is 2.62 bits per heavy atom. The highest BCUT2D eigenvalue weighted by Gasteiger charge is 2.15. The number of hydrogen-bond donors (Lipinski definition) is 2. The molecule has 0 unspecified atom stereocenters. The summed E-state index contributed by atoms with van der Waals surface area (Å²) in [4.78, 5) is 7.79. The first-order chi connectivity index (χ1) is 9.88. The maximum absolute atomic E-state index is 13.7. The van der Waals surface area contributed by atoms with Crippen molar-refractivity contribution in [2.75, 3.05) is 11.1 Å². The Morgan fingerprint density at radius 2 is 2.00 bits per heavy atom. The standard InChI is InChI=1S/C13H13ClF2N4O/c1-6(2)21-13-10(17)12(18-5-19-13)20-11-8(14)3-7(15)4-9(11)16/h3-6H,17H2,1-2H3,(H,18,19,20). The predicted octanol–water partition coefficient (Wildman–Crippen LogP) is 3.52. The first-order valence-corrected chi connectivity index (χ1v) is 6.45. The lowest BCUT2D eigenvalue weighted by Gasteiger charge is -2.14. The van der Waals surface area contributed by atoms with Gasteiger partial charge in [-0.25, -0.2) is 13.8 Å². The van der Waals surface area contributed by atoms with Gasteiger partial charge in [0.05, 0.1) is 16.8 Å². The van der Waals surface area contributed by atoms with E-state index in [0.717, 1.165) is 6.07 Å². The van der Waals surface area contributed by atoms with Crippen molar-refractivity contribution >= 4 is 28.8 Å². The minimum Gasteiger partial charge on any atom is -0.473 e. The number of nitrogens with two attached hydrogens (primary N) is 1. The predicted molar refractivity (Wildman–Crippen MR) is 76.9 cm³/mol. The van der Waals surface area contributed by atoms with Gasteiger partial charge in [0.2, 0.25) is 5.88 Å². The second-order valence-corrected chi connectivity index (χ2v) is 4.88. The Morgan fingerprint density at radius 1 is 1.29 bits per heavy atom. The second kappa shape index (κ2) is 6.09. The smallest absolute Gasteiger partial charge is 0.242 e. The average molecular weight is 315 g/mol. The molecule has 0 aliphatic carbocycles. The molecule has 0 atom stereocenters. The van der Waals surface area contributed by atoms with Crippen LogP contribution < -0.4 is 15.8 Å². The van der Waals surface area contributed by atoms with E-state index in [-0.39, 0.29) is 34.2 Å². The normalized spacial score (nSPS) is 10.8. The van der Waals surface area contributed by atoms with E-state index in [9.17, 15) is 8.78 Å². The van der Waals surface area contributed by atoms with E-state index in [1.807, 2.05) is 13.8 Å². The van der Waals surface area contributed by atoms with Crippen molar-refractivity contribution in [1.82, 2.24) is 9.97 Å². The molecular formula is C13H13ClF2N4O. The molecule has 0 spiro atoms. The van der Waals surface area contributed by atoms with Gasteiger partial charge in [0.15, 0.2) is 11.6 Å². The summed E-state index contributed by atoms with van der Waals surface area (Å²) < 4.78 is 32.1. The number of nitrogens with zero attached hydrogens (tertiary/aromatic N) is 2. The summed E-state index contributed by atoms with van der Waals surface area (Å²) >= 11 is 5.80. The van der Waals surface area contributed by atoms with E-state index in [1.165, 1.54) is 6.33 Å². The Labute approximate surface area is 125 Å². The summed E-state index contributed by atoms with van der Waals surface area (Å²) in [5, 5.41) is 2.49. The number of nitrogens with one attached hydrogen (secondary N) is 1. The molecule has 112 valence electrons. The van der Waals surface area contributed by atoms with Crippen LogP contribution >= 0.6 is 11.6 Å². The molecule has 0 aliphatic heterocycles. The second-order valence-electron chi connectivity index (χ2n) is 4.48. The van der Waals surface area contributed by atoms with Crippen molar-refractivity contribution < 1.29 is 13.5 Å². The van der Waals surface area contributed by atoms with Gasteiger partial charge in [-0.05, 0) is 19.9 Å². The molecule has 0 saturated heterocycles. The molecule has 1 aromatic carbocycles. The van der Waals surface area contributed by atoms with E-state index in [4.69, 9.17) is 22.1 Å². The van der Waals surface area contributed by atoms with Crippen molar-refractivity contribution in [2.45, 2.75) is 20.0 Å². The third-order valence-corrected chi connectivity index (χ3v) is 2.74. The Hall–Kier alpha value is -2.15. The molecule has 1 heterocycles. The van der Waals surface area contributed by atoms with Crippen LogP contribution in [0.3, 0.4) is 0 Å². The largest absolute Gasteiger partial charge is 0.473 e. The van der Waals surface area contributed by atoms with Gasteiger partial charge in [0.1, 0.15) is 17.8 Å². The fraction of sp³-hybridized carbons (Fsp3) is 0.231. The van der Waals surface area contributed by atoms with Gasteiger partial charge in [0.25, 0.3) is 0 Å².